The number of nitrogens with one attached hydrogen (secondary N) is 1. The van der Waals surface area contributed by atoms with Gasteiger partial charge in [-0.25, -0.2) is 0 Å². The Balaban J connectivity index is 1.89. The van der Waals surface area contributed by atoms with E-state index in [2.05, 4.69) is 29.6 Å². The van der Waals surface area contributed by atoms with Crippen LogP contribution in [0.15, 0.2) is 47.4 Å². The first-order chi connectivity index (χ1) is 9.28. The van der Waals surface area contributed by atoms with Gasteiger partial charge in [0.1, 0.15) is 0 Å². The Bertz CT molecular complexity index is 663. The average Bonchev–Trinajstić information content (AvgIpc) is 2.85. The van der Waals surface area contributed by atoms with Crippen LogP contribution in [0.5, 0.6) is 0 Å². The number of nitriles is 1. The molecule has 0 amide bonds. The average molecular weight is 287 g/mol. The predicted molar refractivity (Wildman–Crippen MR) is 79.7 cm³/mol. The van der Waals surface area contributed by atoms with E-state index in [4.69, 9.17) is 16.9 Å². The minimum absolute atomic E-state index is 0.243. The second-order valence-electron chi connectivity index (χ2n) is 4.35. The van der Waals surface area contributed by atoms with Gasteiger partial charge in [-0.2, -0.15) is 5.26 Å². The third kappa shape index (κ3) is 2.42. The van der Waals surface area contributed by atoms with Crippen LogP contribution in [-0.4, -0.2) is 5.75 Å². The van der Waals surface area contributed by atoms with Gasteiger partial charge in [-0.05, 0) is 29.8 Å². The molecule has 3 rings (SSSR count). The number of rotatable bonds is 2. The highest BCUT2D eigenvalue weighted by atomic mass is 35.5. The molecule has 0 aromatic heterocycles. The summed E-state index contributed by atoms with van der Waals surface area (Å²) in [5.74, 6) is 0.979. The SMILES string of the molecule is N#Cc1ccc(Cl)c(NC2CSc3ccccc32)c1. The van der Waals surface area contributed by atoms with Crippen molar-refractivity contribution < 1.29 is 0 Å². The number of anilines is 1. The molecule has 94 valence electrons. The second kappa shape index (κ2) is 5.16. The third-order valence-electron chi connectivity index (χ3n) is 3.13. The summed E-state index contributed by atoms with van der Waals surface area (Å²) in [7, 11) is 0. The van der Waals surface area contributed by atoms with E-state index in [0.29, 0.717) is 10.6 Å². The molecule has 2 aromatic rings. The highest BCUT2D eigenvalue weighted by molar-refractivity contribution is 7.99. The molecular weight excluding hydrogens is 276 g/mol. The lowest BCUT2D eigenvalue weighted by atomic mass is 10.1. The lowest BCUT2D eigenvalue weighted by Gasteiger charge is -2.16. The van der Waals surface area contributed by atoms with E-state index in [9.17, 15) is 0 Å². The maximum absolute atomic E-state index is 8.95. The molecule has 19 heavy (non-hydrogen) atoms. The quantitative estimate of drug-likeness (QED) is 0.885. The van der Waals surface area contributed by atoms with Gasteiger partial charge in [-0.15, -0.1) is 11.8 Å². The number of halogens is 1. The first-order valence-electron chi connectivity index (χ1n) is 5.96. The van der Waals surface area contributed by atoms with Crippen molar-refractivity contribution in [1.29, 1.82) is 5.26 Å². The molecule has 0 spiro atoms. The van der Waals surface area contributed by atoms with E-state index in [1.165, 1.54) is 10.5 Å². The molecule has 1 aliphatic heterocycles. The zero-order valence-electron chi connectivity index (χ0n) is 10.1. The van der Waals surface area contributed by atoms with Crippen molar-refractivity contribution in [2.45, 2.75) is 10.9 Å². The summed E-state index contributed by atoms with van der Waals surface area (Å²) in [6.45, 7) is 0. The molecule has 2 nitrogen and oxygen atoms in total. The Kier molecular flexibility index (Phi) is 3.37. The summed E-state index contributed by atoms with van der Waals surface area (Å²) in [4.78, 5) is 1.31. The van der Waals surface area contributed by atoms with Gasteiger partial charge in [-0.1, -0.05) is 29.8 Å². The van der Waals surface area contributed by atoms with E-state index in [1.54, 1.807) is 18.2 Å². The fourth-order valence-electron chi connectivity index (χ4n) is 2.18. The van der Waals surface area contributed by atoms with Crippen molar-refractivity contribution in [3.8, 4) is 6.07 Å². The molecule has 1 aliphatic rings. The van der Waals surface area contributed by atoms with Crippen molar-refractivity contribution in [3.63, 3.8) is 0 Å². The highest BCUT2D eigenvalue weighted by Crippen LogP contribution is 2.40. The number of fused-ring (bicyclic) bond motifs is 1. The van der Waals surface area contributed by atoms with Crippen LogP contribution in [0.4, 0.5) is 5.69 Å². The fraction of sp³-hybridized carbons (Fsp3) is 0.133. The molecular formula is C15H11ClN2S. The summed E-state index contributed by atoms with van der Waals surface area (Å²) in [5, 5.41) is 13.0. The largest absolute Gasteiger partial charge is 0.376 e. The van der Waals surface area contributed by atoms with Gasteiger partial charge < -0.3 is 5.32 Å². The summed E-state index contributed by atoms with van der Waals surface area (Å²) < 4.78 is 0. The Morgan fingerprint density at radius 1 is 1.26 bits per heavy atom. The maximum Gasteiger partial charge on any atom is 0.0992 e. The van der Waals surface area contributed by atoms with Crippen LogP contribution in [0.2, 0.25) is 5.02 Å². The predicted octanol–water partition coefficient (Wildman–Crippen LogP) is 4.47. The van der Waals surface area contributed by atoms with Crippen LogP contribution in [0.25, 0.3) is 0 Å². The monoisotopic (exact) mass is 286 g/mol. The Hall–Kier alpha value is -1.63. The van der Waals surface area contributed by atoms with Crippen LogP contribution in [0.1, 0.15) is 17.2 Å². The van der Waals surface area contributed by atoms with Gasteiger partial charge in [0.05, 0.1) is 28.4 Å². The number of benzene rings is 2. The number of hydrogen-bond acceptors (Lipinski definition) is 3. The first kappa shape index (κ1) is 12.4. The standard InChI is InChI=1S/C15H11ClN2S/c16-12-6-5-10(8-17)7-13(12)18-14-9-19-15-4-2-1-3-11(14)15/h1-7,14,18H,9H2. The summed E-state index contributed by atoms with van der Waals surface area (Å²) in [6.07, 6.45) is 0. The molecule has 1 unspecified atom stereocenters. The second-order valence-corrected chi connectivity index (χ2v) is 5.82. The molecule has 0 fully saturated rings. The third-order valence-corrected chi connectivity index (χ3v) is 4.64. The van der Waals surface area contributed by atoms with E-state index in [1.807, 2.05) is 17.8 Å². The molecule has 0 aliphatic carbocycles. The van der Waals surface area contributed by atoms with Crippen molar-refractivity contribution >= 4 is 29.1 Å². The molecule has 0 bridgehead atoms. The first-order valence-corrected chi connectivity index (χ1v) is 7.32. The van der Waals surface area contributed by atoms with Gasteiger partial charge in [0.2, 0.25) is 0 Å². The molecule has 0 saturated heterocycles. The molecule has 1 N–H and O–H groups in total. The summed E-state index contributed by atoms with van der Waals surface area (Å²) in [6, 6.07) is 16.0. The normalized spacial score (nSPS) is 16.7. The topological polar surface area (TPSA) is 35.8 Å². The van der Waals surface area contributed by atoms with Crippen LogP contribution in [-0.2, 0) is 0 Å². The maximum atomic E-state index is 8.95. The van der Waals surface area contributed by atoms with Crippen molar-refractivity contribution in [2.75, 3.05) is 11.1 Å². The van der Waals surface area contributed by atoms with Gasteiger partial charge in [0.25, 0.3) is 0 Å². The number of hydrogen-bond donors (Lipinski definition) is 1. The fourth-order valence-corrected chi connectivity index (χ4v) is 3.51. The summed E-state index contributed by atoms with van der Waals surface area (Å²) >= 11 is 8.02. The summed E-state index contributed by atoms with van der Waals surface area (Å²) in [5.41, 5.74) is 2.74. The van der Waals surface area contributed by atoms with Crippen molar-refractivity contribution in [2.24, 2.45) is 0 Å². The van der Waals surface area contributed by atoms with Crippen molar-refractivity contribution in [1.82, 2.24) is 0 Å². The number of nitrogens with zero attached hydrogens (tertiary/aromatic N) is 1. The highest BCUT2D eigenvalue weighted by Gasteiger charge is 2.22. The zero-order chi connectivity index (χ0) is 13.2. The number of thioether (sulfide) groups is 1. The minimum atomic E-state index is 0.243. The van der Waals surface area contributed by atoms with E-state index < -0.39 is 0 Å². The van der Waals surface area contributed by atoms with Crippen molar-refractivity contribution in [3.05, 3.63) is 58.6 Å². The van der Waals surface area contributed by atoms with E-state index >= 15 is 0 Å². The molecule has 1 heterocycles. The van der Waals surface area contributed by atoms with Gasteiger partial charge >= 0.3 is 0 Å². The molecule has 2 aromatic carbocycles. The van der Waals surface area contributed by atoms with Crippen LogP contribution >= 0.6 is 23.4 Å². The molecule has 4 heteroatoms. The van der Waals surface area contributed by atoms with Crippen LogP contribution in [0.3, 0.4) is 0 Å². The van der Waals surface area contributed by atoms with Crippen LogP contribution < -0.4 is 5.32 Å². The van der Waals surface area contributed by atoms with Gasteiger partial charge in [0.15, 0.2) is 0 Å². The molecule has 0 saturated carbocycles. The zero-order valence-corrected chi connectivity index (χ0v) is 11.6. The molecule has 1 atom stereocenters. The Labute approximate surface area is 121 Å². The van der Waals surface area contributed by atoms with E-state index in [-0.39, 0.29) is 6.04 Å². The smallest absolute Gasteiger partial charge is 0.0992 e. The Morgan fingerprint density at radius 2 is 2.11 bits per heavy atom. The van der Waals surface area contributed by atoms with Gasteiger partial charge in [-0.3, -0.25) is 0 Å². The van der Waals surface area contributed by atoms with Gasteiger partial charge in [0, 0.05) is 10.6 Å². The van der Waals surface area contributed by atoms with E-state index in [0.717, 1.165) is 11.4 Å². The lowest BCUT2D eigenvalue weighted by molar-refractivity contribution is 0.900. The molecule has 0 radical (unpaired) electrons. The lowest BCUT2D eigenvalue weighted by Crippen LogP contribution is -2.10. The minimum Gasteiger partial charge on any atom is -0.376 e. The van der Waals surface area contributed by atoms with Crippen LogP contribution in [0, 0.1) is 11.3 Å². The Morgan fingerprint density at radius 3 is 2.95 bits per heavy atom.